The molecule has 4 nitrogen and oxygen atoms in total. The van der Waals surface area contributed by atoms with Gasteiger partial charge in [-0.2, -0.15) is 0 Å². The number of hydrogen-bond acceptors (Lipinski definition) is 3. The third-order valence-corrected chi connectivity index (χ3v) is 5.17. The number of likely N-dealkylation sites (N-methyl/N-ethyl adjacent to an activating group) is 1. The molecule has 25 heavy (non-hydrogen) atoms. The molecule has 0 spiro atoms. The van der Waals surface area contributed by atoms with Crippen LogP contribution in [0.3, 0.4) is 0 Å². The van der Waals surface area contributed by atoms with E-state index in [1.54, 1.807) is 0 Å². The van der Waals surface area contributed by atoms with E-state index in [1.165, 1.54) is 16.6 Å². The molecule has 4 rings (SSSR count). The van der Waals surface area contributed by atoms with E-state index in [9.17, 15) is 0 Å². The van der Waals surface area contributed by atoms with Crippen molar-refractivity contribution in [3.8, 4) is 0 Å². The molecular formula is C21H26N4. The van der Waals surface area contributed by atoms with Gasteiger partial charge in [0.25, 0.3) is 0 Å². The summed E-state index contributed by atoms with van der Waals surface area (Å²) in [5, 5.41) is 0. The fourth-order valence-electron chi connectivity index (χ4n) is 3.55. The number of hydrogen-bond donors (Lipinski definition) is 0. The number of imidazole rings is 1. The summed E-state index contributed by atoms with van der Waals surface area (Å²) in [7, 11) is 2.19. The van der Waals surface area contributed by atoms with E-state index >= 15 is 0 Å². The first-order valence-corrected chi connectivity index (χ1v) is 9.21. The Kier molecular flexibility index (Phi) is 4.45. The quantitative estimate of drug-likeness (QED) is 0.731. The van der Waals surface area contributed by atoms with Crippen LogP contribution in [0, 0.1) is 0 Å². The number of aromatic nitrogens is 2. The highest BCUT2D eigenvalue weighted by molar-refractivity contribution is 5.80. The molecule has 0 bridgehead atoms. The minimum absolute atomic E-state index is 0.866. The molecule has 2 heterocycles. The standard InChI is InChI=1S/C21H26N4/c1-3-17-9-10-20-19(15-17)22-21(24-13-11-23(2)12-14-24)25(20)16-18-7-5-4-6-8-18/h4-10,15H,3,11-14,16H2,1-2H3. The highest BCUT2D eigenvalue weighted by Crippen LogP contribution is 2.26. The fraction of sp³-hybridized carbons (Fsp3) is 0.381. The van der Waals surface area contributed by atoms with Crippen LogP contribution in [0.5, 0.6) is 0 Å². The van der Waals surface area contributed by atoms with E-state index in [4.69, 9.17) is 4.98 Å². The number of fused-ring (bicyclic) bond motifs is 1. The predicted molar refractivity (Wildman–Crippen MR) is 104 cm³/mol. The largest absolute Gasteiger partial charge is 0.340 e. The van der Waals surface area contributed by atoms with Crippen LogP contribution in [0.15, 0.2) is 48.5 Å². The molecule has 1 aliphatic rings. The first-order chi connectivity index (χ1) is 12.2. The Labute approximate surface area is 149 Å². The molecule has 3 aromatic rings. The second-order valence-electron chi connectivity index (χ2n) is 6.95. The van der Waals surface area contributed by atoms with Crippen molar-refractivity contribution >= 4 is 17.0 Å². The molecule has 4 heteroatoms. The molecule has 2 aromatic carbocycles. The molecule has 1 aliphatic heterocycles. The summed E-state index contributed by atoms with van der Waals surface area (Å²) in [5.74, 6) is 1.11. The van der Waals surface area contributed by atoms with Gasteiger partial charge in [-0.3, -0.25) is 0 Å². The Morgan fingerprint density at radius 2 is 1.68 bits per heavy atom. The monoisotopic (exact) mass is 334 g/mol. The number of benzene rings is 2. The highest BCUT2D eigenvalue weighted by Gasteiger charge is 2.21. The molecule has 0 unspecified atom stereocenters. The first-order valence-electron chi connectivity index (χ1n) is 9.21. The second-order valence-corrected chi connectivity index (χ2v) is 6.95. The van der Waals surface area contributed by atoms with Gasteiger partial charge in [-0.15, -0.1) is 0 Å². The molecule has 0 aliphatic carbocycles. The molecule has 0 N–H and O–H groups in total. The van der Waals surface area contributed by atoms with Crippen molar-refractivity contribution < 1.29 is 0 Å². The third-order valence-electron chi connectivity index (χ3n) is 5.17. The van der Waals surface area contributed by atoms with Crippen LogP contribution < -0.4 is 4.90 Å². The zero-order chi connectivity index (χ0) is 17.2. The molecule has 0 atom stereocenters. The Bertz CT molecular complexity index is 845. The Hall–Kier alpha value is -2.33. The third kappa shape index (κ3) is 3.27. The van der Waals surface area contributed by atoms with Crippen LogP contribution in [-0.4, -0.2) is 47.7 Å². The van der Waals surface area contributed by atoms with Gasteiger partial charge in [0.05, 0.1) is 17.6 Å². The fourth-order valence-corrected chi connectivity index (χ4v) is 3.55. The van der Waals surface area contributed by atoms with E-state index < -0.39 is 0 Å². The van der Waals surface area contributed by atoms with Gasteiger partial charge in [0.2, 0.25) is 5.95 Å². The number of anilines is 1. The summed E-state index contributed by atoms with van der Waals surface area (Å²) in [5.41, 5.74) is 5.01. The van der Waals surface area contributed by atoms with Gasteiger partial charge in [-0.05, 0) is 36.7 Å². The lowest BCUT2D eigenvalue weighted by molar-refractivity contribution is 0.310. The lowest BCUT2D eigenvalue weighted by Crippen LogP contribution is -2.45. The zero-order valence-electron chi connectivity index (χ0n) is 15.2. The maximum atomic E-state index is 5.04. The summed E-state index contributed by atoms with van der Waals surface area (Å²) in [6.07, 6.45) is 1.05. The Morgan fingerprint density at radius 3 is 2.40 bits per heavy atom. The summed E-state index contributed by atoms with van der Waals surface area (Å²) < 4.78 is 2.38. The van der Waals surface area contributed by atoms with Gasteiger partial charge in [0, 0.05) is 26.2 Å². The van der Waals surface area contributed by atoms with Crippen LogP contribution in [0.25, 0.3) is 11.0 Å². The minimum atomic E-state index is 0.866. The topological polar surface area (TPSA) is 24.3 Å². The van der Waals surface area contributed by atoms with Crippen molar-refractivity contribution in [3.05, 3.63) is 59.7 Å². The van der Waals surface area contributed by atoms with Gasteiger partial charge < -0.3 is 14.4 Å². The summed E-state index contributed by atoms with van der Waals surface area (Å²) in [4.78, 5) is 9.86. The lowest BCUT2D eigenvalue weighted by Gasteiger charge is -2.33. The molecule has 130 valence electrons. The molecule has 0 saturated carbocycles. The number of aryl methyl sites for hydroxylation is 1. The number of piperazine rings is 1. The van der Waals surface area contributed by atoms with Crippen LogP contribution in [-0.2, 0) is 13.0 Å². The number of rotatable bonds is 4. The summed E-state index contributed by atoms with van der Waals surface area (Å²) in [6, 6.07) is 17.4. The zero-order valence-corrected chi connectivity index (χ0v) is 15.2. The van der Waals surface area contributed by atoms with E-state index in [-0.39, 0.29) is 0 Å². The van der Waals surface area contributed by atoms with Crippen molar-refractivity contribution in [2.75, 3.05) is 38.1 Å². The normalized spacial score (nSPS) is 15.8. The van der Waals surface area contributed by atoms with Crippen LogP contribution in [0.2, 0.25) is 0 Å². The lowest BCUT2D eigenvalue weighted by atomic mass is 10.1. The maximum Gasteiger partial charge on any atom is 0.206 e. The van der Waals surface area contributed by atoms with E-state index in [1.807, 2.05) is 0 Å². The molecule has 0 amide bonds. The van der Waals surface area contributed by atoms with Gasteiger partial charge in [0.1, 0.15) is 0 Å². The minimum Gasteiger partial charge on any atom is -0.340 e. The van der Waals surface area contributed by atoms with Crippen molar-refractivity contribution in [2.24, 2.45) is 0 Å². The van der Waals surface area contributed by atoms with Crippen molar-refractivity contribution in [3.63, 3.8) is 0 Å². The molecule has 1 saturated heterocycles. The second kappa shape index (κ2) is 6.89. The molecular weight excluding hydrogens is 308 g/mol. The van der Waals surface area contributed by atoms with Crippen molar-refractivity contribution in [2.45, 2.75) is 19.9 Å². The average Bonchev–Trinajstić information content (AvgIpc) is 3.01. The summed E-state index contributed by atoms with van der Waals surface area (Å²) in [6.45, 7) is 7.32. The van der Waals surface area contributed by atoms with Crippen LogP contribution in [0.4, 0.5) is 5.95 Å². The van der Waals surface area contributed by atoms with Crippen LogP contribution >= 0.6 is 0 Å². The first kappa shape index (κ1) is 16.2. The average molecular weight is 334 g/mol. The van der Waals surface area contributed by atoms with Gasteiger partial charge in [-0.25, -0.2) is 4.98 Å². The summed E-state index contributed by atoms with van der Waals surface area (Å²) >= 11 is 0. The SMILES string of the molecule is CCc1ccc2c(c1)nc(N1CCN(C)CC1)n2Cc1ccccc1. The predicted octanol–water partition coefficient (Wildman–Crippen LogP) is 3.40. The Morgan fingerprint density at radius 1 is 0.920 bits per heavy atom. The molecule has 1 fully saturated rings. The molecule has 0 radical (unpaired) electrons. The van der Waals surface area contributed by atoms with Crippen LogP contribution in [0.1, 0.15) is 18.1 Å². The maximum absolute atomic E-state index is 5.04. The molecule has 1 aromatic heterocycles. The van der Waals surface area contributed by atoms with E-state index in [0.717, 1.165) is 50.6 Å². The van der Waals surface area contributed by atoms with Gasteiger partial charge in [-0.1, -0.05) is 43.3 Å². The van der Waals surface area contributed by atoms with Gasteiger partial charge >= 0.3 is 0 Å². The van der Waals surface area contributed by atoms with Crippen molar-refractivity contribution in [1.82, 2.24) is 14.5 Å². The van der Waals surface area contributed by atoms with E-state index in [0.29, 0.717) is 0 Å². The number of nitrogens with zero attached hydrogens (tertiary/aromatic N) is 4. The highest BCUT2D eigenvalue weighted by atomic mass is 15.3. The Balaban J connectivity index is 1.77. The smallest absolute Gasteiger partial charge is 0.206 e. The van der Waals surface area contributed by atoms with E-state index in [2.05, 4.69) is 76.9 Å². The van der Waals surface area contributed by atoms with Crippen molar-refractivity contribution in [1.29, 1.82) is 0 Å². The van der Waals surface area contributed by atoms with Gasteiger partial charge in [0.15, 0.2) is 0 Å².